The van der Waals surface area contributed by atoms with Gasteiger partial charge in [-0.05, 0) is 54.8 Å². The summed E-state index contributed by atoms with van der Waals surface area (Å²) in [6, 6.07) is 9.58. The first kappa shape index (κ1) is 25.7. The highest BCUT2D eigenvalue weighted by atomic mass is 35.5. The second kappa shape index (κ2) is 10.7. The maximum atomic E-state index is 13.1. The average molecular weight is 526 g/mol. The number of alkyl halides is 3. The molecule has 0 bridgehead atoms. The topological polar surface area (TPSA) is 45.7 Å². The van der Waals surface area contributed by atoms with Gasteiger partial charge in [-0.2, -0.15) is 13.2 Å². The summed E-state index contributed by atoms with van der Waals surface area (Å²) >= 11 is 7.62. The molecule has 188 valence electrons. The molecular formula is C25H27ClF3N3O2S. The van der Waals surface area contributed by atoms with Crippen LogP contribution in [0.3, 0.4) is 0 Å². The van der Waals surface area contributed by atoms with Crippen LogP contribution in [0.1, 0.15) is 37.0 Å². The number of anilines is 1. The summed E-state index contributed by atoms with van der Waals surface area (Å²) in [5.41, 5.74) is 1.79. The van der Waals surface area contributed by atoms with Crippen molar-refractivity contribution < 1.29 is 22.7 Å². The summed E-state index contributed by atoms with van der Waals surface area (Å²) < 4.78 is 44.9. The molecule has 1 aliphatic rings. The maximum absolute atomic E-state index is 13.1. The van der Waals surface area contributed by atoms with E-state index in [1.54, 1.807) is 13.0 Å². The number of rotatable bonds is 7. The lowest BCUT2D eigenvalue weighted by atomic mass is 10.1. The molecule has 0 aliphatic carbocycles. The Hall–Kier alpha value is -2.36. The molecule has 1 aliphatic heterocycles. The van der Waals surface area contributed by atoms with Crippen molar-refractivity contribution in [1.82, 2.24) is 9.88 Å². The number of halogens is 4. The molecule has 35 heavy (non-hydrogen) atoms. The summed E-state index contributed by atoms with van der Waals surface area (Å²) in [7, 11) is 0. The van der Waals surface area contributed by atoms with Crippen LogP contribution >= 0.6 is 22.9 Å². The zero-order valence-electron chi connectivity index (χ0n) is 19.6. The van der Waals surface area contributed by atoms with Gasteiger partial charge in [0.1, 0.15) is 0 Å². The summed E-state index contributed by atoms with van der Waals surface area (Å²) in [5.74, 6) is -0.279. The summed E-state index contributed by atoms with van der Waals surface area (Å²) in [6.07, 6.45) is -3.31. The fraction of sp³-hybridized carbons (Fsp3) is 0.440. The predicted molar refractivity (Wildman–Crippen MR) is 133 cm³/mol. The Kier molecular flexibility index (Phi) is 7.88. The van der Waals surface area contributed by atoms with Gasteiger partial charge in [0.05, 0.1) is 28.8 Å². The number of ether oxygens (including phenoxy) is 1. The number of carbonyl (C=O) groups excluding carboxylic acids is 1. The number of fused-ring (bicyclic) bond motifs is 1. The van der Waals surface area contributed by atoms with E-state index in [0.29, 0.717) is 28.4 Å². The van der Waals surface area contributed by atoms with Gasteiger partial charge in [-0.1, -0.05) is 35.9 Å². The second-order valence-electron chi connectivity index (χ2n) is 8.62. The van der Waals surface area contributed by atoms with Crippen molar-refractivity contribution in [2.45, 2.75) is 45.5 Å². The highest BCUT2D eigenvalue weighted by Crippen LogP contribution is 2.36. The van der Waals surface area contributed by atoms with Crippen LogP contribution < -0.4 is 4.90 Å². The first-order valence-corrected chi connectivity index (χ1v) is 12.8. The highest BCUT2D eigenvalue weighted by molar-refractivity contribution is 7.22. The molecule has 0 saturated carbocycles. The fourth-order valence-electron chi connectivity index (χ4n) is 4.42. The quantitative estimate of drug-likeness (QED) is 0.345. The first-order valence-electron chi connectivity index (χ1n) is 11.6. The van der Waals surface area contributed by atoms with Crippen molar-refractivity contribution in [3.8, 4) is 0 Å². The molecule has 1 fully saturated rings. The van der Waals surface area contributed by atoms with Gasteiger partial charge in [0.2, 0.25) is 0 Å². The van der Waals surface area contributed by atoms with E-state index >= 15 is 0 Å². The second-order valence-corrected chi connectivity index (χ2v) is 10.1. The Balaban J connectivity index is 1.46. The lowest BCUT2D eigenvalue weighted by Crippen LogP contribution is -2.52. The number of thiazole rings is 1. The zero-order valence-corrected chi connectivity index (χ0v) is 21.1. The number of carbonyl (C=O) groups is 1. The van der Waals surface area contributed by atoms with Crippen LogP contribution in [0, 0.1) is 0 Å². The van der Waals surface area contributed by atoms with Gasteiger partial charge >= 0.3 is 12.1 Å². The predicted octanol–water partition coefficient (Wildman–Crippen LogP) is 6.17. The van der Waals surface area contributed by atoms with Gasteiger partial charge in [0.15, 0.2) is 5.13 Å². The van der Waals surface area contributed by atoms with E-state index in [4.69, 9.17) is 16.3 Å². The lowest BCUT2D eigenvalue weighted by molar-refractivity contribution is -0.142. The van der Waals surface area contributed by atoms with Gasteiger partial charge in [-0.3, -0.25) is 9.69 Å². The van der Waals surface area contributed by atoms with Crippen molar-refractivity contribution in [3.05, 3.63) is 58.1 Å². The van der Waals surface area contributed by atoms with E-state index in [0.717, 1.165) is 48.4 Å². The molecule has 0 radical (unpaired) electrons. The monoisotopic (exact) mass is 525 g/mol. The molecule has 1 atom stereocenters. The lowest BCUT2D eigenvalue weighted by Gasteiger charge is -2.41. The Morgan fingerprint density at radius 2 is 1.94 bits per heavy atom. The summed E-state index contributed by atoms with van der Waals surface area (Å²) in [6.45, 7) is 7.20. The third kappa shape index (κ3) is 6.26. The molecular weight excluding hydrogens is 499 g/mol. The fourth-order valence-corrected chi connectivity index (χ4v) is 5.81. The van der Waals surface area contributed by atoms with E-state index in [1.165, 1.54) is 23.5 Å². The molecule has 2 heterocycles. The van der Waals surface area contributed by atoms with E-state index in [-0.39, 0.29) is 18.4 Å². The molecule has 3 aromatic rings. The molecule has 0 spiro atoms. The van der Waals surface area contributed by atoms with Crippen molar-refractivity contribution in [2.75, 3.05) is 31.1 Å². The molecule has 0 N–H and O–H groups in total. The molecule has 0 amide bonds. The third-order valence-corrected chi connectivity index (χ3v) is 7.34. The van der Waals surface area contributed by atoms with Crippen LogP contribution in [-0.4, -0.2) is 48.1 Å². The highest BCUT2D eigenvalue weighted by Gasteiger charge is 2.32. The number of benzene rings is 2. The Morgan fingerprint density at radius 3 is 2.66 bits per heavy atom. The Morgan fingerprint density at radius 1 is 1.17 bits per heavy atom. The van der Waals surface area contributed by atoms with Crippen molar-refractivity contribution >= 4 is 44.3 Å². The third-order valence-electron chi connectivity index (χ3n) is 6.07. The van der Waals surface area contributed by atoms with Crippen LogP contribution in [0.2, 0.25) is 5.02 Å². The van der Waals surface area contributed by atoms with Gasteiger partial charge in [0.25, 0.3) is 0 Å². The summed E-state index contributed by atoms with van der Waals surface area (Å²) in [4.78, 5) is 21.0. The van der Waals surface area contributed by atoms with Crippen molar-refractivity contribution in [1.29, 1.82) is 0 Å². The Labute approximate surface area is 211 Å². The maximum Gasteiger partial charge on any atom is 0.416 e. The Bertz CT molecular complexity index is 1200. The van der Waals surface area contributed by atoms with E-state index in [9.17, 15) is 18.0 Å². The minimum Gasteiger partial charge on any atom is -0.466 e. The van der Waals surface area contributed by atoms with Crippen LogP contribution in [-0.2, 0) is 28.7 Å². The number of esters is 1. The van der Waals surface area contributed by atoms with Gasteiger partial charge < -0.3 is 9.64 Å². The molecule has 10 heteroatoms. The largest absolute Gasteiger partial charge is 0.466 e. The minimum atomic E-state index is -4.37. The minimum absolute atomic E-state index is 0.181. The van der Waals surface area contributed by atoms with Crippen LogP contribution in [0.4, 0.5) is 18.3 Å². The van der Waals surface area contributed by atoms with Gasteiger partial charge in [-0.25, -0.2) is 4.98 Å². The number of nitrogens with zero attached hydrogens (tertiary/aromatic N) is 3. The average Bonchev–Trinajstić information content (AvgIpc) is 3.21. The van der Waals surface area contributed by atoms with Crippen LogP contribution in [0.15, 0.2) is 36.4 Å². The molecule has 2 aromatic carbocycles. The number of aromatic nitrogens is 1. The van der Waals surface area contributed by atoms with Crippen molar-refractivity contribution in [2.24, 2.45) is 0 Å². The molecule has 1 saturated heterocycles. The van der Waals surface area contributed by atoms with Crippen LogP contribution in [0.5, 0.6) is 0 Å². The van der Waals surface area contributed by atoms with Gasteiger partial charge in [-0.15, -0.1) is 0 Å². The standard InChI is InChI=1S/C25H27ClF3N3O2S/c1-3-20-15-31(14-17-9-16(10-19(26)11-17)12-23(33)34-4-2)7-8-32(20)24-30-21-6-5-18(25(27,28)29)13-22(21)35-24/h5-6,9-11,13,20H,3-4,7-8,12,14-15H2,1-2H3/t20-/m1/s1. The van der Waals surface area contributed by atoms with Crippen molar-refractivity contribution in [3.63, 3.8) is 0 Å². The van der Waals surface area contributed by atoms with Crippen LogP contribution in [0.25, 0.3) is 10.2 Å². The van der Waals surface area contributed by atoms with E-state index in [1.807, 2.05) is 12.1 Å². The smallest absolute Gasteiger partial charge is 0.416 e. The normalized spacial score (nSPS) is 17.2. The number of hydrogen-bond acceptors (Lipinski definition) is 6. The van der Waals surface area contributed by atoms with E-state index < -0.39 is 11.7 Å². The number of piperazine rings is 1. The van der Waals surface area contributed by atoms with E-state index in [2.05, 4.69) is 21.7 Å². The molecule has 5 nitrogen and oxygen atoms in total. The SMILES string of the molecule is CCOC(=O)Cc1cc(Cl)cc(CN2CCN(c3nc4ccc(C(F)(F)F)cc4s3)[C@H](CC)C2)c1. The molecule has 4 rings (SSSR count). The summed E-state index contributed by atoms with van der Waals surface area (Å²) in [5, 5.41) is 1.34. The number of hydrogen-bond donors (Lipinski definition) is 0. The molecule has 1 aromatic heterocycles. The van der Waals surface area contributed by atoms with Gasteiger partial charge in [0, 0.05) is 37.2 Å². The first-order chi connectivity index (χ1) is 16.7. The molecule has 0 unspecified atom stereocenters. The zero-order chi connectivity index (χ0) is 25.2.